The van der Waals surface area contributed by atoms with Crippen molar-refractivity contribution in [1.29, 1.82) is 0 Å². The number of rotatable bonds is 4. The Hall–Kier alpha value is -2.14. The van der Waals surface area contributed by atoms with Gasteiger partial charge in [0.2, 0.25) is 0 Å². The van der Waals surface area contributed by atoms with Crippen LogP contribution in [0.5, 0.6) is 5.75 Å². The Labute approximate surface area is 121 Å². The summed E-state index contributed by atoms with van der Waals surface area (Å²) in [5, 5.41) is 8.00. The second-order valence-corrected chi connectivity index (χ2v) is 4.56. The summed E-state index contributed by atoms with van der Waals surface area (Å²) < 4.78 is 7.38. The number of hydrogen-bond acceptors (Lipinski definition) is 4. The number of alkyl halides is 1. The first-order valence-corrected chi connectivity index (χ1v) is 6.71. The number of hydrogen-bond donors (Lipinski definition) is 0. The number of halogens is 1. The summed E-state index contributed by atoms with van der Waals surface area (Å²) >= 11 is 6.01. The molecule has 0 bridgehead atoms. The van der Waals surface area contributed by atoms with Crippen LogP contribution < -0.4 is 4.74 Å². The van der Waals surface area contributed by atoms with Crippen molar-refractivity contribution in [3.8, 4) is 5.75 Å². The van der Waals surface area contributed by atoms with Gasteiger partial charge >= 0.3 is 0 Å². The highest BCUT2D eigenvalue weighted by molar-refractivity contribution is 6.16. The largest absolute Gasteiger partial charge is 0.494 e. The molecule has 0 aliphatic carbocycles. The quantitative estimate of drug-likeness (QED) is 0.693. The fourth-order valence-corrected chi connectivity index (χ4v) is 2.40. The average molecular weight is 289 g/mol. The Balaban J connectivity index is 2.13. The molecule has 0 saturated carbocycles. The Morgan fingerprint density at radius 1 is 1.25 bits per heavy atom. The van der Waals surface area contributed by atoms with Crippen LogP contribution in [0.3, 0.4) is 0 Å². The SMILES string of the molecule is COc1cccc2c1nc(CCl)n2Cc1cccnn1. The van der Waals surface area contributed by atoms with Crippen LogP contribution in [0.25, 0.3) is 11.0 Å². The van der Waals surface area contributed by atoms with Crippen LogP contribution in [0.4, 0.5) is 0 Å². The maximum absolute atomic E-state index is 6.01. The van der Waals surface area contributed by atoms with Crippen LogP contribution in [0.15, 0.2) is 36.5 Å². The molecule has 20 heavy (non-hydrogen) atoms. The van der Waals surface area contributed by atoms with Gasteiger partial charge in [0.15, 0.2) is 0 Å². The summed E-state index contributed by atoms with van der Waals surface area (Å²) in [6, 6.07) is 9.62. The van der Waals surface area contributed by atoms with E-state index in [1.54, 1.807) is 13.3 Å². The van der Waals surface area contributed by atoms with E-state index in [1.165, 1.54) is 0 Å². The van der Waals surface area contributed by atoms with Gasteiger partial charge in [-0.1, -0.05) is 6.07 Å². The lowest BCUT2D eigenvalue weighted by Crippen LogP contribution is -2.05. The highest BCUT2D eigenvalue weighted by atomic mass is 35.5. The lowest BCUT2D eigenvalue weighted by atomic mass is 10.3. The van der Waals surface area contributed by atoms with Crippen molar-refractivity contribution in [2.45, 2.75) is 12.4 Å². The highest BCUT2D eigenvalue weighted by Gasteiger charge is 2.14. The first-order valence-electron chi connectivity index (χ1n) is 6.18. The first-order chi connectivity index (χ1) is 9.83. The number of aromatic nitrogens is 4. The summed E-state index contributed by atoms with van der Waals surface area (Å²) in [5.74, 6) is 1.86. The maximum atomic E-state index is 6.01. The third-order valence-corrected chi connectivity index (χ3v) is 3.35. The summed E-state index contributed by atoms with van der Waals surface area (Å²) in [5.41, 5.74) is 2.65. The van der Waals surface area contributed by atoms with E-state index in [9.17, 15) is 0 Å². The van der Waals surface area contributed by atoms with Gasteiger partial charge in [-0.2, -0.15) is 10.2 Å². The molecule has 0 atom stereocenters. The molecule has 102 valence electrons. The number of ether oxygens (including phenoxy) is 1. The van der Waals surface area contributed by atoms with Crippen LogP contribution in [0, 0.1) is 0 Å². The van der Waals surface area contributed by atoms with Gasteiger partial charge in [0.25, 0.3) is 0 Å². The molecule has 6 heteroatoms. The molecule has 0 fully saturated rings. The average Bonchev–Trinajstić information content (AvgIpc) is 2.86. The zero-order chi connectivity index (χ0) is 13.9. The van der Waals surface area contributed by atoms with Gasteiger partial charge in [-0.3, -0.25) is 0 Å². The second-order valence-electron chi connectivity index (χ2n) is 4.29. The minimum atomic E-state index is 0.331. The van der Waals surface area contributed by atoms with Gasteiger partial charge in [0.05, 0.1) is 30.7 Å². The molecule has 3 aromatic rings. The topological polar surface area (TPSA) is 52.8 Å². The zero-order valence-corrected chi connectivity index (χ0v) is 11.7. The third kappa shape index (κ3) is 2.20. The summed E-state index contributed by atoms with van der Waals surface area (Å²) in [4.78, 5) is 4.56. The predicted molar refractivity (Wildman–Crippen MR) is 77.0 cm³/mol. The summed E-state index contributed by atoms with van der Waals surface area (Å²) in [7, 11) is 1.64. The van der Waals surface area contributed by atoms with Gasteiger partial charge in [-0.25, -0.2) is 4.98 Å². The molecular formula is C14H13ClN4O. The molecular weight excluding hydrogens is 276 g/mol. The Kier molecular flexibility index (Phi) is 3.52. The fraction of sp³-hybridized carbons (Fsp3) is 0.214. The van der Waals surface area contributed by atoms with Crippen molar-refractivity contribution >= 4 is 22.6 Å². The first kappa shape index (κ1) is 12.9. The van der Waals surface area contributed by atoms with Gasteiger partial charge < -0.3 is 9.30 Å². The molecule has 5 nitrogen and oxygen atoms in total. The third-order valence-electron chi connectivity index (χ3n) is 3.11. The minimum absolute atomic E-state index is 0.331. The van der Waals surface area contributed by atoms with Crippen molar-refractivity contribution in [2.24, 2.45) is 0 Å². The molecule has 0 amide bonds. The number of para-hydroxylation sites is 1. The Morgan fingerprint density at radius 3 is 2.85 bits per heavy atom. The second kappa shape index (κ2) is 5.46. The lowest BCUT2D eigenvalue weighted by Gasteiger charge is -2.07. The number of methoxy groups -OCH3 is 1. The van der Waals surface area contributed by atoms with E-state index < -0.39 is 0 Å². The van der Waals surface area contributed by atoms with Gasteiger partial charge in [-0.05, 0) is 24.3 Å². The van der Waals surface area contributed by atoms with Crippen LogP contribution >= 0.6 is 11.6 Å². The van der Waals surface area contributed by atoms with Crippen molar-refractivity contribution in [3.05, 3.63) is 48.0 Å². The lowest BCUT2D eigenvalue weighted by molar-refractivity contribution is 0.419. The number of fused-ring (bicyclic) bond motifs is 1. The van der Waals surface area contributed by atoms with E-state index in [1.807, 2.05) is 34.9 Å². The van der Waals surface area contributed by atoms with E-state index in [0.717, 1.165) is 28.3 Å². The van der Waals surface area contributed by atoms with E-state index in [4.69, 9.17) is 16.3 Å². The molecule has 0 N–H and O–H groups in total. The van der Waals surface area contributed by atoms with E-state index in [0.29, 0.717) is 12.4 Å². The van der Waals surface area contributed by atoms with Crippen LogP contribution in [0.1, 0.15) is 11.5 Å². The zero-order valence-electron chi connectivity index (χ0n) is 11.0. The van der Waals surface area contributed by atoms with E-state index in [-0.39, 0.29) is 0 Å². The minimum Gasteiger partial charge on any atom is -0.494 e. The molecule has 0 aliphatic rings. The number of benzene rings is 1. The number of imidazole rings is 1. The smallest absolute Gasteiger partial charge is 0.146 e. The predicted octanol–water partition coefficient (Wildman–Crippen LogP) is 2.62. The molecule has 1 aromatic carbocycles. The standard InChI is InChI=1S/C14H13ClN4O/c1-20-12-6-2-5-11-14(12)17-13(8-15)19(11)9-10-4-3-7-16-18-10/h2-7H,8-9H2,1H3. The van der Waals surface area contributed by atoms with Crippen LogP contribution in [0.2, 0.25) is 0 Å². The van der Waals surface area contributed by atoms with Gasteiger partial charge in [-0.15, -0.1) is 11.6 Å². The number of nitrogens with zero attached hydrogens (tertiary/aromatic N) is 4. The van der Waals surface area contributed by atoms with E-state index >= 15 is 0 Å². The van der Waals surface area contributed by atoms with Crippen molar-refractivity contribution in [3.63, 3.8) is 0 Å². The molecule has 0 saturated heterocycles. The Morgan fingerprint density at radius 2 is 2.15 bits per heavy atom. The van der Waals surface area contributed by atoms with Crippen LogP contribution in [-0.2, 0) is 12.4 Å². The van der Waals surface area contributed by atoms with Crippen molar-refractivity contribution < 1.29 is 4.74 Å². The fourth-order valence-electron chi connectivity index (χ4n) is 2.19. The highest BCUT2D eigenvalue weighted by Crippen LogP contribution is 2.26. The molecule has 3 rings (SSSR count). The summed E-state index contributed by atoms with van der Waals surface area (Å²) in [6.45, 7) is 0.583. The van der Waals surface area contributed by atoms with Crippen LogP contribution in [-0.4, -0.2) is 26.9 Å². The van der Waals surface area contributed by atoms with Crippen molar-refractivity contribution in [2.75, 3.05) is 7.11 Å². The summed E-state index contributed by atoms with van der Waals surface area (Å²) in [6.07, 6.45) is 1.65. The molecule has 0 spiro atoms. The molecule has 2 aromatic heterocycles. The van der Waals surface area contributed by atoms with Gasteiger partial charge in [0, 0.05) is 6.20 Å². The molecule has 0 radical (unpaired) electrons. The molecule has 0 unspecified atom stereocenters. The normalized spacial score (nSPS) is 10.9. The monoisotopic (exact) mass is 288 g/mol. The van der Waals surface area contributed by atoms with Gasteiger partial charge in [0.1, 0.15) is 17.1 Å². The molecule has 2 heterocycles. The molecule has 0 aliphatic heterocycles. The van der Waals surface area contributed by atoms with E-state index in [2.05, 4.69) is 15.2 Å². The maximum Gasteiger partial charge on any atom is 0.146 e. The van der Waals surface area contributed by atoms with Crippen molar-refractivity contribution in [1.82, 2.24) is 19.7 Å². The Bertz CT molecular complexity index is 727.